The van der Waals surface area contributed by atoms with E-state index in [1.54, 1.807) is 0 Å². The van der Waals surface area contributed by atoms with Gasteiger partial charge in [-0.15, -0.1) is 0 Å². The lowest BCUT2D eigenvalue weighted by Crippen LogP contribution is -1.78. The molecule has 0 bridgehead atoms. The minimum atomic E-state index is 1.04. The monoisotopic (exact) mass is 296 g/mol. The van der Waals surface area contributed by atoms with Gasteiger partial charge in [0.25, 0.3) is 0 Å². The predicted octanol–water partition coefficient (Wildman–Crippen LogP) is 4.63. The predicted molar refractivity (Wildman–Crippen MR) is 78.8 cm³/mol. The third-order valence-corrected chi connectivity index (χ3v) is 3.96. The minimum Gasteiger partial charge on any atom is -0.353 e. The standard InChI is InChI=1S/C15H9BrN2/c16-11-8-13-14(10-5-2-1-4-9(10)11)15-12(18-13)6-3-7-17-15/h1-8,18H. The average Bonchev–Trinajstić information content (AvgIpc) is 2.77. The third-order valence-electron chi connectivity index (χ3n) is 3.31. The zero-order valence-corrected chi connectivity index (χ0v) is 11.0. The first-order valence-corrected chi connectivity index (χ1v) is 6.57. The minimum absolute atomic E-state index is 1.04. The SMILES string of the molecule is Brc1cc2[nH]c3cccnc3c2c2ccccc12. The van der Waals surface area contributed by atoms with E-state index in [9.17, 15) is 0 Å². The first-order valence-electron chi connectivity index (χ1n) is 5.78. The summed E-state index contributed by atoms with van der Waals surface area (Å²) in [5.41, 5.74) is 3.24. The van der Waals surface area contributed by atoms with Crippen LogP contribution in [0, 0.1) is 0 Å². The van der Waals surface area contributed by atoms with Gasteiger partial charge >= 0.3 is 0 Å². The molecule has 0 aliphatic carbocycles. The number of nitrogens with one attached hydrogen (secondary N) is 1. The van der Waals surface area contributed by atoms with Crippen molar-refractivity contribution in [3.05, 3.63) is 53.1 Å². The number of rotatable bonds is 0. The Labute approximate surface area is 112 Å². The molecule has 0 unspecified atom stereocenters. The van der Waals surface area contributed by atoms with Gasteiger partial charge in [0.2, 0.25) is 0 Å². The fourth-order valence-corrected chi connectivity index (χ4v) is 3.11. The maximum Gasteiger partial charge on any atom is 0.0963 e. The summed E-state index contributed by atoms with van der Waals surface area (Å²) >= 11 is 3.63. The second kappa shape index (κ2) is 3.56. The van der Waals surface area contributed by atoms with Crippen molar-refractivity contribution in [1.29, 1.82) is 0 Å². The molecule has 0 radical (unpaired) electrons. The van der Waals surface area contributed by atoms with E-state index in [-0.39, 0.29) is 0 Å². The van der Waals surface area contributed by atoms with Crippen LogP contribution in [0.5, 0.6) is 0 Å². The molecule has 0 aliphatic heterocycles. The molecular weight excluding hydrogens is 288 g/mol. The molecule has 0 aliphatic rings. The van der Waals surface area contributed by atoms with Crippen LogP contribution in [-0.4, -0.2) is 9.97 Å². The lowest BCUT2D eigenvalue weighted by Gasteiger charge is -2.02. The van der Waals surface area contributed by atoms with E-state index >= 15 is 0 Å². The van der Waals surface area contributed by atoms with Crippen LogP contribution >= 0.6 is 15.9 Å². The molecule has 4 rings (SSSR count). The summed E-state index contributed by atoms with van der Waals surface area (Å²) in [6.07, 6.45) is 1.84. The molecule has 0 spiro atoms. The molecule has 0 fully saturated rings. The second-order valence-electron chi connectivity index (χ2n) is 4.35. The maximum absolute atomic E-state index is 4.50. The quantitative estimate of drug-likeness (QED) is 0.503. The van der Waals surface area contributed by atoms with Gasteiger partial charge in [0.1, 0.15) is 0 Å². The molecule has 0 saturated heterocycles. The van der Waals surface area contributed by atoms with Crippen LogP contribution in [-0.2, 0) is 0 Å². The zero-order chi connectivity index (χ0) is 12.1. The van der Waals surface area contributed by atoms with Crippen molar-refractivity contribution in [2.24, 2.45) is 0 Å². The van der Waals surface area contributed by atoms with Gasteiger partial charge in [0.05, 0.1) is 11.0 Å². The van der Waals surface area contributed by atoms with Crippen molar-refractivity contribution in [2.45, 2.75) is 0 Å². The van der Waals surface area contributed by atoms with E-state index in [0.29, 0.717) is 0 Å². The largest absolute Gasteiger partial charge is 0.353 e. The summed E-state index contributed by atoms with van der Waals surface area (Å²) in [5.74, 6) is 0. The average molecular weight is 297 g/mol. The zero-order valence-electron chi connectivity index (χ0n) is 9.44. The number of aromatic amines is 1. The number of H-pyrrole nitrogens is 1. The van der Waals surface area contributed by atoms with Gasteiger partial charge in [-0.1, -0.05) is 40.2 Å². The summed E-state index contributed by atoms with van der Waals surface area (Å²) in [6, 6.07) is 14.5. The van der Waals surface area contributed by atoms with Crippen LogP contribution < -0.4 is 0 Å². The highest BCUT2D eigenvalue weighted by Gasteiger charge is 2.10. The Hall–Kier alpha value is -1.87. The summed E-state index contributed by atoms with van der Waals surface area (Å²) in [4.78, 5) is 7.92. The number of benzene rings is 2. The van der Waals surface area contributed by atoms with Crippen molar-refractivity contribution in [1.82, 2.24) is 9.97 Å². The number of halogens is 1. The van der Waals surface area contributed by atoms with Crippen molar-refractivity contribution in [2.75, 3.05) is 0 Å². The lowest BCUT2D eigenvalue weighted by atomic mass is 10.1. The first-order chi connectivity index (χ1) is 8.84. The van der Waals surface area contributed by atoms with Gasteiger partial charge in [-0.2, -0.15) is 0 Å². The summed E-state index contributed by atoms with van der Waals surface area (Å²) in [5, 5.41) is 3.65. The number of hydrogen-bond acceptors (Lipinski definition) is 1. The Morgan fingerprint density at radius 1 is 0.944 bits per heavy atom. The Morgan fingerprint density at radius 2 is 1.78 bits per heavy atom. The normalized spacial score (nSPS) is 11.6. The van der Waals surface area contributed by atoms with Crippen molar-refractivity contribution < 1.29 is 0 Å². The van der Waals surface area contributed by atoms with Crippen molar-refractivity contribution in [3.63, 3.8) is 0 Å². The molecule has 1 N–H and O–H groups in total. The maximum atomic E-state index is 4.50. The summed E-state index contributed by atoms with van der Waals surface area (Å²) in [6.45, 7) is 0. The first kappa shape index (κ1) is 10.1. The fraction of sp³-hybridized carbons (Fsp3) is 0. The molecule has 3 heteroatoms. The molecule has 4 aromatic rings. The molecule has 0 atom stereocenters. The van der Waals surface area contributed by atoms with Gasteiger partial charge in [0.15, 0.2) is 0 Å². The Balaban J connectivity index is 2.39. The molecule has 86 valence electrons. The molecule has 0 amide bonds. The molecule has 18 heavy (non-hydrogen) atoms. The van der Waals surface area contributed by atoms with Crippen LogP contribution in [0.3, 0.4) is 0 Å². The van der Waals surface area contributed by atoms with Crippen molar-refractivity contribution in [3.8, 4) is 0 Å². The summed E-state index contributed by atoms with van der Waals surface area (Å²) in [7, 11) is 0. The molecule has 2 heterocycles. The van der Waals surface area contributed by atoms with Crippen LogP contribution in [0.1, 0.15) is 0 Å². The van der Waals surface area contributed by atoms with E-state index in [2.05, 4.69) is 62.3 Å². The topological polar surface area (TPSA) is 28.7 Å². The molecule has 0 saturated carbocycles. The van der Waals surface area contributed by atoms with E-state index in [4.69, 9.17) is 0 Å². The van der Waals surface area contributed by atoms with Crippen LogP contribution in [0.15, 0.2) is 53.1 Å². The Kier molecular flexibility index (Phi) is 2.00. The van der Waals surface area contributed by atoms with Crippen LogP contribution in [0.2, 0.25) is 0 Å². The Morgan fingerprint density at radius 3 is 2.67 bits per heavy atom. The van der Waals surface area contributed by atoms with Crippen LogP contribution in [0.25, 0.3) is 32.7 Å². The molecular formula is C15H9BrN2. The molecule has 2 aromatic heterocycles. The highest BCUT2D eigenvalue weighted by atomic mass is 79.9. The lowest BCUT2D eigenvalue weighted by molar-refractivity contribution is 1.42. The van der Waals surface area contributed by atoms with E-state index in [1.807, 2.05) is 12.3 Å². The van der Waals surface area contributed by atoms with E-state index < -0.39 is 0 Å². The smallest absolute Gasteiger partial charge is 0.0963 e. The second-order valence-corrected chi connectivity index (χ2v) is 5.21. The third kappa shape index (κ3) is 1.25. The van der Waals surface area contributed by atoms with E-state index in [1.165, 1.54) is 16.2 Å². The Bertz CT molecular complexity index is 893. The van der Waals surface area contributed by atoms with Gasteiger partial charge in [0, 0.05) is 21.6 Å². The highest BCUT2D eigenvalue weighted by molar-refractivity contribution is 9.10. The van der Waals surface area contributed by atoms with E-state index in [0.717, 1.165) is 21.0 Å². The number of fused-ring (bicyclic) bond motifs is 5. The summed E-state index contributed by atoms with van der Waals surface area (Å²) < 4.78 is 1.11. The van der Waals surface area contributed by atoms with Gasteiger partial charge < -0.3 is 4.98 Å². The number of aromatic nitrogens is 2. The van der Waals surface area contributed by atoms with Gasteiger partial charge in [-0.3, -0.25) is 4.98 Å². The van der Waals surface area contributed by atoms with Crippen LogP contribution in [0.4, 0.5) is 0 Å². The van der Waals surface area contributed by atoms with Gasteiger partial charge in [-0.05, 0) is 29.0 Å². The molecule has 2 nitrogen and oxygen atoms in total. The van der Waals surface area contributed by atoms with Gasteiger partial charge in [-0.25, -0.2) is 0 Å². The highest BCUT2D eigenvalue weighted by Crippen LogP contribution is 2.35. The number of pyridine rings is 1. The number of hydrogen-bond donors (Lipinski definition) is 1. The fourth-order valence-electron chi connectivity index (χ4n) is 2.54. The van der Waals surface area contributed by atoms with Crippen molar-refractivity contribution >= 4 is 48.6 Å². The molecule has 2 aromatic carbocycles. The number of nitrogens with zero attached hydrogens (tertiary/aromatic N) is 1.